The SMILES string of the molecule is CC(C)CC(=O)N1CCC[C@H]1c1nc2cc(-c3ccc4ccc(-c5ccc6nc([C@@H]7CCCN7C(=O)CC(C)C)[nH]c6c5)cc4c3)ccc2[nH]1. The van der Waals surface area contributed by atoms with E-state index in [4.69, 9.17) is 9.97 Å². The van der Waals surface area contributed by atoms with Crippen LogP contribution in [0.2, 0.25) is 0 Å². The largest absolute Gasteiger partial charge is 0.340 e. The molecule has 2 N–H and O–H groups in total. The van der Waals surface area contributed by atoms with Gasteiger partial charge in [-0.2, -0.15) is 0 Å². The second-order valence-corrected chi connectivity index (χ2v) is 15.2. The molecule has 2 amide bonds. The maximum Gasteiger partial charge on any atom is 0.223 e. The molecule has 0 bridgehead atoms. The number of nitrogens with zero attached hydrogens (tertiary/aromatic N) is 4. The average molecular weight is 667 g/mol. The third kappa shape index (κ3) is 6.16. The molecule has 0 radical (unpaired) electrons. The molecular formula is C42H46N6O2. The minimum Gasteiger partial charge on any atom is -0.340 e. The second kappa shape index (κ2) is 13.0. The molecule has 4 aromatic carbocycles. The van der Waals surface area contributed by atoms with Crippen molar-refractivity contribution in [2.24, 2.45) is 11.8 Å². The lowest BCUT2D eigenvalue weighted by Crippen LogP contribution is -2.31. The van der Waals surface area contributed by atoms with Gasteiger partial charge >= 0.3 is 0 Å². The van der Waals surface area contributed by atoms with E-state index in [9.17, 15) is 9.59 Å². The molecule has 8 nitrogen and oxygen atoms in total. The Morgan fingerprint density at radius 1 is 0.620 bits per heavy atom. The highest BCUT2D eigenvalue weighted by molar-refractivity contribution is 5.93. The average Bonchev–Trinajstić information content (AvgIpc) is 3.91. The van der Waals surface area contributed by atoms with Gasteiger partial charge in [-0.1, -0.05) is 64.1 Å². The predicted octanol–water partition coefficient (Wildman–Crippen LogP) is 9.35. The highest BCUT2D eigenvalue weighted by Crippen LogP contribution is 2.36. The van der Waals surface area contributed by atoms with Crippen molar-refractivity contribution in [2.75, 3.05) is 13.1 Å². The fourth-order valence-electron chi connectivity index (χ4n) is 7.97. The van der Waals surface area contributed by atoms with Crippen molar-refractivity contribution in [1.82, 2.24) is 29.7 Å². The van der Waals surface area contributed by atoms with Crippen LogP contribution >= 0.6 is 0 Å². The van der Waals surface area contributed by atoms with Gasteiger partial charge in [0.1, 0.15) is 11.6 Å². The first-order valence-electron chi connectivity index (χ1n) is 18.3. The summed E-state index contributed by atoms with van der Waals surface area (Å²) in [6, 6.07) is 26.1. The molecule has 2 aromatic heterocycles. The monoisotopic (exact) mass is 666 g/mol. The summed E-state index contributed by atoms with van der Waals surface area (Å²) in [5.41, 5.74) is 8.35. The van der Waals surface area contributed by atoms with Crippen LogP contribution in [0.5, 0.6) is 0 Å². The van der Waals surface area contributed by atoms with Gasteiger partial charge in [0.2, 0.25) is 11.8 Å². The molecule has 256 valence electrons. The highest BCUT2D eigenvalue weighted by atomic mass is 16.2. The van der Waals surface area contributed by atoms with Crippen molar-refractivity contribution in [3.05, 3.63) is 84.4 Å². The van der Waals surface area contributed by atoms with Gasteiger partial charge in [0.15, 0.2) is 0 Å². The van der Waals surface area contributed by atoms with Gasteiger partial charge < -0.3 is 19.8 Å². The molecule has 0 unspecified atom stereocenters. The van der Waals surface area contributed by atoms with Crippen LogP contribution in [0.25, 0.3) is 55.1 Å². The smallest absolute Gasteiger partial charge is 0.223 e. The van der Waals surface area contributed by atoms with Crippen molar-refractivity contribution in [3.8, 4) is 22.3 Å². The van der Waals surface area contributed by atoms with Gasteiger partial charge in [0.25, 0.3) is 0 Å². The summed E-state index contributed by atoms with van der Waals surface area (Å²) in [7, 11) is 0. The Hall–Kier alpha value is -4.98. The molecule has 2 aliphatic rings. The van der Waals surface area contributed by atoms with Gasteiger partial charge in [-0.25, -0.2) is 9.97 Å². The summed E-state index contributed by atoms with van der Waals surface area (Å²) in [4.78, 5) is 47.0. The second-order valence-electron chi connectivity index (χ2n) is 15.2. The topological polar surface area (TPSA) is 98.0 Å². The lowest BCUT2D eigenvalue weighted by Gasteiger charge is -2.24. The van der Waals surface area contributed by atoms with E-state index in [2.05, 4.69) is 110 Å². The van der Waals surface area contributed by atoms with E-state index in [-0.39, 0.29) is 23.9 Å². The number of amides is 2. The quantitative estimate of drug-likeness (QED) is 0.169. The van der Waals surface area contributed by atoms with Crippen LogP contribution in [0.1, 0.15) is 90.0 Å². The molecule has 2 saturated heterocycles. The Morgan fingerprint density at radius 2 is 1.12 bits per heavy atom. The number of fused-ring (bicyclic) bond motifs is 3. The number of carbonyl (C=O) groups is 2. The Morgan fingerprint density at radius 3 is 1.72 bits per heavy atom. The fourth-order valence-corrected chi connectivity index (χ4v) is 7.97. The van der Waals surface area contributed by atoms with E-state index >= 15 is 0 Å². The number of aromatic nitrogens is 4. The minimum absolute atomic E-state index is 0.0137. The predicted molar refractivity (Wildman–Crippen MR) is 200 cm³/mol. The van der Waals surface area contributed by atoms with Crippen molar-refractivity contribution in [2.45, 2.75) is 78.3 Å². The van der Waals surface area contributed by atoms with Crippen molar-refractivity contribution < 1.29 is 9.59 Å². The van der Waals surface area contributed by atoms with E-state index in [0.717, 1.165) is 94.7 Å². The molecule has 50 heavy (non-hydrogen) atoms. The number of rotatable bonds is 8. The lowest BCUT2D eigenvalue weighted by molar-refractivity contribution is -0.133. The molecule has 2 atom stereocenters. The maximum absolute atomic E-state index is 12.9. The molecule has 0 aliphatic carbocycles. The number of benzene rings is 4. The summed E-state index contributed by atoms with van der Waals surface area (Å²) in [6.45, 7) is 9.98. The van der Waals surface area contributed by atoms with Crippen LogP contribution in [-0.4, -0.2) is 54.6 Å². The van der Waals surface area contributed by atoms with E-state index in [1.165, 1.54) is 10.8 Å². The zero-order valence-corrected chi connectivity index (χ0v) is 29.5. The summed E-state index contributed by atoms with van der Waals surface area (Å²) in [5.74, 6) is 2.90. The van der Waals surface area contributed by atoms with Crippen LogP contribution in [0, 0.1) is 11.8 Å². The first-order chi connectivity index (χ1) is 24.2. The normalized spacial score (nSPS) is 18.1. The van der Waals surface area contributed by atoms with Crippen molar-refractivity contribution >= 4 is 44.7 Å². The van der Waals surface area contributed by atoms with Crippen LogP contribution in [-0.2, 0) is 9.59 Å². The molecule has 8 rings (SSSR count). The van der Waals surface area contributed by atoms with Gasteiger partial charge in [-0.05, 0) is 107 Å². The van der Waals surface area contributed by atoms with Crippen LogP contribution < -0.4 is 0 Å². The number of likely N-dealkylation sites (tertiary alicyclic amines) is 2. The maximum atomic E-state index is 12.9. The van der Waals surface area contributed by atoms with Gasteiger partial charge in [0, 0.05) is 25.9 Å². The molecule has 4 heterocycles. The molecule has 6 aromatic rings. The van der Waals surface area contributed by atoms with Crippen LogP contribution in [0.3, 0.4) is 0 Å². The Kier molecular flexibility index (Phi) is 8.41. The van der Waals surface area contributed by atoms with E-state index in [0.29, 0.717) is 24.7 Å². The summed E-state index contributed by atoms with van der Waals surface area (Å²) >= 11 is 0. The Balaban J connectivity index is 1.05. The number of carbonyl (C=O) groups excluding carboxylic acids is 2. The summed E-state index contributed by atoms with van der Waals surface area (Å²) < 4.78 is 0. The Labute approximate surface area is 293 Å². The zero-order valence-electron chi connectivity index (χ0n) is 29.5. The number of hydrogen-bond donors (Lipinski definition) is 2. The number of H-pyrrole nitrogens is 2. The first-order valence-corrected chi connectivity index (χ1v) is 18.3. The van der Waals surface area contributed by atoms with E-state index in [1.807, 2.05) is 9.80 Å². The molecule has 2 fully saturated rings. The number of imidazole rings is 2. The van der Waals surface area contributed by atoms with E-state index < -0.39 is 0 Å². The number of nitrogens with one attached hydrogen (secondary N) is 2. The molecule has 0 spiro atoms. The fraction of sp³-hybridized carbons (Fsp3) is 0.381. The van der Waals surface area contributed by atoms with Crippen LogP contribution in [0.15, 0.2) is 72.8 Å². The Bertz CT molecular complexity index is 2080. The molecule has 0 saturated carbocycles. The standard InChI is InChI=1S/C42H46N6O2/c1-25(2)19-39(49)47-17-5-7-37(47)41-43-33-15-13-30(23-35(33)45-41)28-11-9-27-10-12-29(22-32(27)21-28)31-14-16-34-36(24-31)46-42(44-34)38-8-6-18-48(38)40(50)20-26(3)4/h9-16,21-26,37-38H,5-8,17-20H2,1-4H3,(H,43,45)(H,44,46)/t37-,38-/m0/s1. The van der Waals surface area contributed by atoms with Gasteiger partial charge in [0.05, 0.1) is 34.2 Å². The van der Waals surface area contributed by atoms with Gasteiger partial charge in [-0.15, -0.1) is 0 Å². The molecule has 8 heteroatoms. The number of aromatic amines is 2. The highest BCUT2D eigenvalue weighted by Gasteiger charge is 2.33. The summed E-state index contributed by atoms with van der Waals surface area (Å²) in [6.07, 6.45) is 5.04. The molecule has 2 aliphatic heterocycles. The zero-order chi connectivity index (χ0) is 34.5. The van der Waals surface area contributed by atoms with Crippen molar-refractivity contribution in [3.63, 3.8) is 0 Å². The van der Waals surface area contributed by atoms with E-state index in [1.54, 1.807) is 0 Å². The minimum atomic E-state index is 0.0137. The van der Waals surface area contributed by atoms with Crippen molar-refractivity contribution in [1.29, 1.82) is 0 Å². The summed E-state index contributed by atoms with van der Waals surface area (Å²) in [5, 5.41) is 2.36. The molecular weight excluding hydrogens is 621 g/mol. The lowest BCUT2D eigenvalue weighted by atomic mass is 9.97. The number of hydrogen-bond acceptors (Lipinski definition) is 4. The van der Waals surface area contributed by atoms with Gasteiger partial charge in [-0.3, -0.25) is 9.59 Å². The first kappa shape index (κ1) is 32.2. The third-order valence-electron chi connectivity index (χ3n) is 10.5. The van der Waals surface area contributed by atoms with Crippen LogP contribution in [0.4, 0.5) is 0 Å². The third-order valence-corrected chi connectivity index (χ3v) is 10.5.